The van der Waals surface area contributed by atoms with E-state index >= 15 is 0 Å². The van der Waals surface area contributed by atoms with Gasteiger partial charge in [-0.2, -0.15) is 0 Å². The summed E-state index contributed by atoms with van der Waals surface area (Å²) in [6, 6.07) is 3.31. The highest BCUT2D eigenvalue weighted by Crippen LogP contribution is 2.33. The van der Waals surface area contributed by atoms with Crippen LogP contribution >= 0.6 is 0 Å². The zero-order valence-electron chi connectivity index (χ0n) is 18.0. The van der Waals surface area contributed by atoms with Crippen LogP contribution in [-0.2, 0) is 9.53 Å². The number of rotatable bonds is 7. The molecule has 1 aromatic carbocycles. The largest absolute Gasteiger partial charge is 0.494 e. The van der Waals surface area contributed by atoms with Gasteiger partial charge in [-0.3, -0.25) is 4.79 Å². The van der Waals surface area contributed by atoms with Gasteiger partial charge >= 0.3 is 0 Å². The van der Waals surface area contributed by atoms with Gasteiger partial charge in [0, 0.05) is 18.6 Å². The summed E-state index contributed by atoms with van der Waals surface area (Å²) in [6.45, 7) is 4.15. The average Bonchev–Trinajstić information content (AvgIpc) is 3.24. The molecule has 1 fully saturated rings. The molecule has 9 nitrogen and oxygen atoms in total. The summed E-state index contributed by atoms with van der Waals surface area (Å²) in [4.78, 5) is 24.8. The van der Waals surface area contributed by atoms with Crippen LogP contribution in [0.1, 0.15) is 0 Å². The highest BCUT2D eigenvalue weighted by atomic mass is 19.1. The lowest BCUT2D eigenvalue weighted by molar-refractivity contribution is -0.117. The quantitative estimate of drug-likeness (QED) is 0.465. The fraction of sp³-hybridized carbons (Fsp3) is 0.273. The Labute approximate surface area is 188 Å². The number of halogens is 2. The standard InChI is InChI=1S/C22H22F2N6O3/c1-4-17(31)27-14-9-33-10-15(14)29-22-26-8-11-7-13(28-21(25-2)20(11)30-22)18-12(23)5-6-16(32-3)19(18)24/h4-8,14-15H,1,9-10H2,2-3H3,(H,25,28)(H,27,31)(H,26,29,30)/t14-,15+/m0/s1. The van der Waals surface area contributed by atoms with Crippen LogP contribution < -0.4 is 20.7 Å². The average molecular weight is 456 g/mol. The van der Waals surface area contributed by atoms with E-state index in [1.54, 1.807) is 7.05 Å². The number of hydrogen-bond donors (Lipinski definition) is 3. The monoisotopic (exact) mass is 456 g/mol. The SMILES string of the molecule is C=CC(=O)N[C@H]1COC[C@H]1Nc1ncc2cc(-c3c(F)ccc(OC)c3F)nc(NC)c2n1. The van der Waals surface area contributed by atoms with Gasteiger partial charge in [-0.25, -0.2) is 23.7 Å². The van der Waals surface area contributed by atoms with Gasteiger partial charge < -0.3 is 25.4 Å². The van der Waals surface area contributed by atoms with Gasteiger partial charge in [-0.15, -0.1) is 0 Å². The fourth-order valence-electron chi connectivity index (χ4n) is 3.58. The second-order valence-corrected chi connectivity index (χ2v) is 7.28. The zero-order chi connectivity index (χ0) is 23.5. The number of methoxy groups -OCH3 is 1. The van der Waals surface area contributed by atoms with Crippen molar-refractivity contribution in [2.24, 2.45) is 0 Å². The third-order valence-electron chi connectivity index (χ3n) is 5.24. The minimum absolute atomic E-state index is 0.0708. The van der Waals surface area contributed by atoms with Crippen LogP contribution in [0.4, 0.5) is 20.5 Å². The number of anilines is 2. The predicted octanol–water partition coefficient (Wildman–Crippen LogP) is 2.50. The molecule has 0 radical (unpaired) electrons. The number of nitrogens with zero attached hydrogens (tertiary/aromatic N) is 3. The van der Waals surface area contributed by atoms with Crippen LogP contribution in [0, 0.1) is 11.6 Å². The number of aromatic nitrogens is 3. The van der Waals surface area contributed by atoms with Crippen molar-refractivity contribution in [3.05, 3.63) is 48.7 Å². The van der Waals surface area contributed by atoms with Crippen LogP contribution in [0.3, 0.4) is 0 Å². The Balaban J connectivity index is 1.69. The molecule has 0 saturated carbocycles. The number of pyridine rings is 1. The van der Waals surface area contributed by atoms with Gasteiger partial charge in [0.25, 0.3) is 0 Å². The van der Waals surface area contributed by atoms with Crippen LogP contribution in [0.2, 0.25) is 0 Å². The first-order chi connectivity index (χ1) is 15.9. The molecule has 0 unspecified atom stereocenters. The molecule has 1 aliphatic heterocycles. The Morgan fingerprint density at radius 3 is 2.79 bits per heavy atom. The van der Waals surface area contributed by atoms with Gasteiger partial charge in [0.05, 0.1) is 43.7 Å². The lowest BCUT2D eigenvalue weighted by Gasteiger charge is -2.20. The molecule has 3 heterocycles. The smallest absolute Gasteiger partial charge is 0.243 e. The Hall–Kier alpha value is -3.86. The van der Waals surface area contributed by atoms with Crippen molar-refractivity contribution in [3.63, 3.8) is 0 Å². The molecule has 2 aromatic heterocycles. The molecule has 2 atom stereocenters. The van der Waals surface area contributed by atoms with Crippen LogP contribution in [0.15, 0.2) is 37.1 Å². The summed E-state index contributed by atoms with van der Waals surface area (Å²) in [6.07, 6.45) is 2.72. The second kappa shape index (κ2) is 9.33. The molecular formula is C22H22F2N6O3. The summed E-state index contributed by atoms with van der Waals surface area (Å²) in [5, 5.41) is 9.39. The second-order valence-electron chi connectivity index (χ2n) is 7.28. The third kappa shape index (κ3) is 4.40. The van der Waals surface area contributed by atoms with Gasteiger partial charge in [0.2, 0.25) is 11.9 Å². The molecular weight excluding hydrogens is 434 g/mol. The number of hydrogen-bond acceptors (Lipinski definition) is 8. The van der Waals surface area contributed by atoms with E-state index in [0.29, 0.717) is 35.9 Å². The third-order valence-corrected chi connectivity index (χ3v) is 5.24. The molecule has 0 spiro atoms. The van der Waals surface area contributed by atoms with Crippen LogP contribution in [-0.4, -0.2) is 60.3 Å². The molecule has 0 bridgehead atoms. The molecule has 11 heteroatoms. The van der Waals surface area contributed by atoms with E-state index in [0.717, 1.165) is 6.07 Å². The summed E-state index contributed by atoms with van der Waals surface area (Å²) >= 11 is 0. The van der Waals surface area contributed by atoms with Gasteiger partial charge in [0.1, 0.15) is 11.3 Å². The van der Waals surface area contributed by atoms with E-state index in [2.05, 4.69) is 37.5 Å². The first-order valence-corrected chi connectivity index (χ1v) is 10.1. The van der Waals surface area contributed by atoms with Gasteiger partial charge in [0.15, 0.2) is 17.4 Å². The summed E-state index contributed by atoms with van der Waals surface area (Å²) in [5.41, 5.74) is 0.216. The summed E-state index contributed by atoms with van der Waals surface area (Å²) < 4.78 is 39.7. The Bertz CT molecular complexity index is 1220. The lowest BCUT2D eigenvalue weighted by Crippen LogP contribution is -2.45. The number of amides is 1. The maximum atomic E-state index is 14.8. The highest BCUT2D eigenvalue weighted by Gasteiger charge is 2.30. The summed E-state index contributed by atoms with van der Waals surface area (Å²) in [5.74, 6) is -1.40. The normalized spacial score (nSPS) is 17.6. The molecule has 3 N–H and O–H groups in total. The van der Waals surface area contributed by atoms with E-state index in [1.807, 2.05) is 0 Å². The predicted molar refractivity (Wildman–Crippen MR) is 119 cm³/mol. The number of carbonyl (C=O) groups excluding carboxylic acids is 1. The minimum atomic E-state index is -0.848. The summed E-state index contributed by atoms with van der Waals surface area (Å²) in [7, 11) is 2.93. The topological polar surface area (TPSA) is 110 Å². The first-order valence-electron chi connectivity index (χ1n) is 10.1. The number of benzene rings is 1. The maximum absolute atomic E-state index is 14.8. The van der Waals surface area contributed by atoms with Crippen molar-refractivity contribution >= 4 is 28.6 Å². The maximum Gasteiger partial charge on any atom is 0.243 e. The Kier molecular flexibility index (Phi) is 6.31. The van der Waals surface area contributed by atoms with Crippen LogP contribution in [0.25, 0.3) is 22.2 Å². The Morgan fingerprint density at radius 1 is 1.27 bits per heavy atom. The van der Waals surface area contributed by atoms with E-state index in [4.69, 9.17) is 9.47 Å². The molecule has 3 aromatic rings. The van der Waals surface area contributed by atoms with E-state index in [-0.39, 0.29) is 35.0 Å². The molecule has 1 aliphatic rings. The van der Waals surface area contributed by atoms with Crippen molar-refractivity contribution in [1.29, 1.82) is 0 Å². The first kappa shape index (κ1) is 22.3. The molecule has 4 rings (SSSR count). The molecule has 1 amide bonds. The van der Waals surface area contributed by atoms with E-state index in [9.17, 15) is 13.6 Å². The molecule has 0 aliphatic carbocycles. The van der Waals surface area contributed by atoms with Crippen molar-refractivity contribution in [1.82, 2.24) is 20.3 Å². The van der Waals surface area contributed by atoms with Crippen molar-refractivity contribution in [3.8, 4) is 17.0 Å². The molecule has 1 saturated heterocycles. The lowest BCUT2D eigenvalue weighted by atomic mass is 10.1. The van der Waals surface area contributed by atoms with Crippen LogP contribution in [0.5, 0.6) is 5.75 Å². The minimum Gasteiger partial charge on any atom is -0.494 e. The fourth-order valence-corrected chi connectivity index (χ4v) is 3.58. The Morgan fingerprint density at radius 2 is 2.06 bits per heavy atom. The number of fused-ring (bicyclic) bond motifs is 1. The van der Waals surface area contributed by atoms with E-state index < -0.39 is 11.6 Å². The van der Waals surface area contributed by atoms with Crippen molar-refractivity contribution in [2.75, 3.05) is 38.0 Å². The van der Waals surface area contributed by atoms with Gasteiger partial charge in [-0.1, -0.05) is 6.58 Å². The molecule has 172 valence electrons. The molecule has 33 heavy (non-hydrogen) atoms. The van der Waals surface area contributed by atoms with Gasteiger partial charge in [-0.05, 0) is 24.3 Å². The highest BCUT2D eigenvalue weighted by molar-refractivity contribution is 5.91. The van der Waals surface area contributed by atoms with E-state index in [1.165, 1.54) is 31.5 Å². The number of carbonyl (C=O) groups is 1. The number of nitrogens with one attached hydrogen (secondary N) is 3. The van der Waals surface area contributed by atoms with Crippen molar-refractivity contribution < 1.29 is 23.0 Å². The zero-order valence-corrected chi connectivity index (χ0v) is 18.0. The van der Waals surface area contributed by atoms with Crippen molar-refractivity contribution in [2.45, 2.75) is 12.1 Å². The number of ether oxygens (including phenoxy) is 2.